The molecule has 0 bridgehead atoms. The molecule has 1 aliphatic heterocycles. The van der Waals surface area contributed by atoms with Crippen LogP contribution in [0.3, 0.4) is 0 Å². The quantitative estimate of drug-likeness (QED) is 0.698. The Hall–Kier alpha value is -0.860. The Bertz CT molecular complexity index is 392. The van der Waals surface area contributed by atoms with Gasteiger partial charge in [-0.2, -0.15) is 0 Å². The van der Waals surface area contributed by atoms with Crippen LogP contribution in [0.25, 0.3) is 0 Å². The second-order valence-electron chi connectivity index (χ2n) is 4.73. The minimum Gasteiger partial charge on any atom is -0.450 e. The number of nitrogens with one attached hydrogen (secondary N) is 2. The number of hydrogen-bond acceptors (Lipinski definition) is 5. The summed E-state index contributed by atoms with van der Waals surface area (Å²) in [6, 6.07) is 0.262. The summed E-state index contributed by atoms with van der Waals surface area (Å²) in [5.74, 6) is 0.0823. The van der Waals surface area contributed by atoms with Crippen LogP contribution in [-0.4, -0.2) is 64.0 Å². The molecule has 0 aliphatic carbocycles. The molecule has 0 radical (unpaired) electrons. The molecule has 118 valence electrons. The van der Waals surface area contributed by atoms with Crippen LogP contribution in [0, 0.1) is 0 Å². The number of likely N-dealkylation sites (tertiary alicyclic amines) is 1. The Morgan fingerprint density at radius 3 is 2.50 bits per heavy atom. The highest BCUT2D eigenvalue weighted by atomic mass is 32.2. The molecule has 0 unspecified atom stereocenters. The first-order chi connectivity index (χ1) is 9.48. The normalized spacial score (nSPS) is 17.2. The van der Waals surface area contributed by atoms with E-state index in [1.807, 2.05) is 0 Å². The van der Waals surface area contributed by atoms with Gasteiger partial charge in [0, 0.05) is 32.2 Å². The summed E-state index contributed by atoms with van der Waals surface area (Å²) >= 11 is 0. The number of amides is 1. The molecule has 2 N–H and O–H groups in total. The highest BCUT2D eigenvalue weighted by Crippen LogP contribution is 2.11. The summed E-state index contributed by atoms with van der Waals surface area (Å²) in [5.41, 5.74) is 0. The lowest BCUT2D eigenvalue weighted by Crippen LogP contribution is -2.46. The fourth-order valence-electron chi connectivity index (χ4n) is 2.17. The predicted molar refractivity (Wildman–Crippen MR) is 77.1 cm³/mol. The van der Waals surface area contributed by atoms with Gasteiger partial charge < -0.3 is 15.0 Å². The average molecular weight is 307 g/mol. The molecule has 1 heterocycles. The molecule has 0 saturated carbocycles. The average Bonchev–Trinajstić information content (AvgIpc) is 2.39. The lowest BCUT2D eigenvalue weighted by atomic mass is 10.1. The highest BCUT2D eigenvalue weighted by molar-refractivity contribution is 7.89. The molecule has 1 rings (SSSR count). The van der Waals surface area contributed by atoms with Gasteiger partial charge in [0.2, 0.25) is 10.0 Å². The van der Waals surface area contributed by atoms with Crippen LogP contribution in [0.2, 0.25) is 0 Å². The molecule has 1 aliphatic rings. The predicted octanol–water partition coefficient (Wildman–Crippen LogP) is 0.136. The van der Waals surface area contributed by atoms with E-state index in [1.165, 1.54) is 0 Å². The number of hydrogen-bond donors (Lipinski definition) is 2. The summed E-state index contributed by atoms with van der Waals surface area (Å²) in [6.45, 7) is 6.08. The Kier molecular flexibility index (Phi) is 7.25. The zero-order valence-corrected chi connectivity index (χ0v) is 13.0. The lowest BCUT2D eigenvalue weighted by Gasteiger charge is -2.31. The van der Waals surface area contributed by atoms with Gasteiger partial charge in [0.05, 0.1) is 12.4 Å². The van der Waals surface area contributed by atoms with Gasteiger partial charge in [-0.25, -0.2) is 17.9 Å². The Balaban J connectivity index is 2.21. The van der Waals surface area contributed by atoms with E-state index in [2.05, 4.69) is 10.0 Å². The SMILES string of the molecule is CCNS(=O)(=O)CCNC1CCN(C(=O)OCC)CC1. The van der Waals surface area contributed by atoms with E-state index in [0.29, 0.717) is 32.8 Å². The minimum atomic E-state index is -3.16. The number of rotatable bonds is 7. The van der Waals surface area contributed by atoms with Gasteiger partial charge >= 0.3 is 6.09 Å². The second-order valence-corrected chi connectivity index (χ2v) is 6.66. The Morgan fingerprint density at radius 1 is 1.30 bits per heavy atom. The van der Waals surface area contributed by atoms with Crippen LogP contribution >= 0.6 is 0 Å². The lowest BCUT2D eigenvalue weighted by molar-refractivity contribution is 0.0953. The van der Waals surface area contributed by atoms with E-state index in [0.717, 1.165) is 12.8 Å². The summed E-state index contributed by atoms with van der Waals surface area (Å²) < 4.78 is 30.3. The summed E-state index contributed by atoms with van der Waals surface area (Å²) in [4.78, 5) is 13.2. The van der Waals surface area contributed by atoms with Crippen molar-refractivity contribution >= 4 is 16.1 Å². The first kappa shape index (κ1) is 17.2. The molecule has 7 nitrogen and oxygen atoms in total. The van der Waals surface area contributed by atoms with Crippen molar-refractivity contribution < 1.29 is 17.9 Å². The molecule has 0 aromatic rings. The third-order valence-corrected chi connectivity index (χ3v) is 4.66. The number of carbonyl (C=O) groups is 1. The maximum absolute atomic E-state index is 11.5. The van der Waals surface area contributed by atoms with Crippen molar-refractivity contribution in [3.05, 3.63) is 0 Å². The first-order valence-corrected chi connectivity index (χ1v) is 8.76. The van der Waals surface area contributed by atoms with Crippen molar-refractivity contribution in [1.82, 2.24) is 14.9 Å². The molecule has 1 fully saturated rings. The molecule has 0 atom stereocenters. The third kappa shape index (κ3) is 6.06. The van der Waals surface area contributed by atoms with Gasteiger partial charge in [0.1, 0.15) is 0 Å². The molecule has 0 aromatic carbocycles. The van der Waals surface area contributed by atoms with E-state index in [-0.39, 0.29) is 17.9 Å². The molecule has 1 saturated heterocycles. The highest BCUT2D eigenvalue weighted by Gasteiger charge is 2.23. The van der Waals surface area contributed by atoms with E-state index in [9.17, 15) is 13.2 Å². The Morgan fingerprint density at radius 2 is 1.95 bits per heavy atom. The monoisotopic (exact) mass is 307 g/mol. The van der Waals surface area contributed by atoms with Crippen LogP contribution in [0.1, 0.15) is 26.7 Å². The van der Waals surface area contributed by atoms with E-state index < -0.39 is 10.0 Å². The molecule has 8 heteroatoms. The van der Waals surface area contributed by atoms with Gasteiger partial charge in [0.15, 0.2) is 0 Å². The van der Waals surface area contributed by atoms with Crippen LogP contribution < -0.4 is 10.0 Å². The molecular weight excluding hydrogens is 282 g/mol. The van der Waals surface area contributed by atoms with Crippen LogP contribution in [-0.2, 0) is 14.8 Å². The zero-order chi connectivity index (χ0) is 15.0. The van der Waals surface area contributed by atoms with Crippen LogP contribution in [0.5, 0.6) is 0 Å². The van der Waals surface area contributed by atoms with E-state index in [4.69, 9.17) is 4.74 Å². The number of ether oxygens (including phenoxy) is 1. The number of carbonyl (C=O) groups excluding carboxylic acids is 1. The molecule has 20 heavy (non-hydrogen) atoms. The van der Waals surface area contributed by atoms with Crippen molar-refractivity contribution in [2.24, 2.45) is 0 Å². The van der Waals surface area contributed by atoms with E-state index in [1.54, 1.807) is 18.7 Å². The van der Waals surface area contributed by atoms with Crippen molar-refractivity contribution in [3.63, 3.8) is 0 Å². The molecule has 1 amide bonds. The smallest absolute Gasteiger partial charge is 0.409 e. The number of nitrogens with zero attached hydrogens (tertiary/aromatic N) is 1. The Labute approximate surface area is 121 Å². The van der Waals surface area contributed by atoms with Gasteiger partial charge in [-0.3, -0.25) is 0 Å². The standard InChI is InChI=1S/C12H25N3O4S/c1-3-14-20(17,18)10-7-13-11-5-8-15(9-6-11)12(16)19-4-2/h11,13-14H,3-10H2,1-2H3. The van der Waals surface area contributed by atoms with Gasteiger partial charge in [-0.1, -0.05) is 6.92 Å². The molecule has 0 spiro atoms. The van der Waals surface area contributed by atoms with E-state index >= 15 is 0 Å². The van der Waals surface area contributed by atoms with Crippen LogP contribution in [0.4, 0.5) is 4.79 Å². The zero-order valence-electron chi connectivity index (χ0n) is 12.2. The van der Waals surface area contributed by atoms with Gasteiger partial charge in [-0.15, -0.1) is 0 Å². The van der Waals surface area contributed by atoms with Crippen LogP contribution in [0.15, 0.2) is 0 Å². The maximum Gasteiger partial charge on any atom is 0.409 e. The molecule has 0 aromatic heterocycles. The number of piperidine rings is 1. The number of sulfonamides is 1. The topological polar surface area (TPSA) is 87.7 Å². The first-order valence-electron chi connectivity index (χ1n) is 7.11. The van der Waals surface area contributed by atoms with Crippen molar-refractivity contribution in [3.8, 4) is 0 Å². The summed E-state index contributed by atoms with van der Waals surface area (Å²) in [5, 5.41) is 3.23. The van der Waals surface area contributed by atoms with Crippen molar-refractivity contribution in [2.75, 3.05) is 38.5 Å². The maximum atomic E-state index is 11.5. The van der Waals surface area contributed by atoms with Crippen molar-refractivity contribution in [1.29, 1.82) is 0 Å². The minimum absolute atomic E-state index is 0.0823. The summed E-state index contributed by atoms with van der Waals surface area (Å²) in [7, 11) is -3.16. The molecular formula is C12H25N3O4S. The largest absolute Gasteiger partial charge is 0.450 e. The van der Waals surface area contributed by atoms with Gasteiger partial charge in [-0.05, 0) is 19.8 Å². The fraction of sp³-hybridized carbons (Fsp3) is 0.917. The third-order valence-electron chi connectivity index (χ3n) is 3.19. The fourth-order valence-corrected chi connectivity index (χ4v) is 3.14. The second kappa shape index (κ2) is 8.43. The van der Waals surface area contributed by atoms with Gasteiger partial charge in [0.25, 0.3) is 0 Å². The summed E-state index contributed by atoms with van der Waals surface area (Å²) in [6.07, 6.45) is 1.38. The van der Waals surface area contributed by atoms with Crippen molar-refractivity contribution in [2.45, 2.75) is 32.7 Å².